The van der Waals surface area contributed by atoms with Crippen LogP contribution in [0.15, 0.2) is 18.2 Å². The molecule has 1 fully saturated rings. The Hall–Kier alpha value is -1.46. The summed E-state index contributed by atoms with van der Waals surface area (Å²) in [4.78, 5) is 12.3. The van der Waals surface area contributed by atoms with E-state index in [1.54, 1.807) is 6.07 Å². The third-order valence-corrected chi connectivity index (χ3v) is 4.00. The minimum absolute atomic E-state index is 0. The fraction of sp³-hybridized carbons (Fsp3) is 0.588. The van der Waals surface area contributed by atoms with Gasteiger partial charge in [-0.15, -0.1) is 12.4 Å². The highest BCUT2D eigenvalue weighted by Gasteiger charge is 2.26. The van der Waals surface area contributed by atoms with Crippen LogP contribution in [0.2, 0.25) is 0 Å². The zero-order valence-electron chi connectivity index (χ0n) is 13.8. The van der Waals surface area contributed by atoms with E-state index >= 15 is 0 Å². The molecule has 0 bridgehead atoms. The van der Waals surface area contributed by atoms with Crippen molar-refractivity contribution in [3.63, 3.8) is 0 Å². The fourth-order valence-corrected chi connectivity index (χ4v) is 2.90. The fourth-order valence-electron chi connectivity index (χ4n) is 2.90. The van der Waals surface area contributed by atoms with Crippen LogP contribution in [-0.2, 0) is 4.79 Å². The lowest BCUT2D eigenvalue weighted by molar-refractivity contribution is -0.117. The van der Waals surface area contributed by atoms with Crippen molar-refractivity contribution in [2.45, 2.75) is 45.6 Å². The average Bonchev–Trinajstić information content (AvgIpc) is 2.87. The van der Waals surface area contributed by atoms with Gasteiger partial charge in [-0.1, -0.05) is 6.42 Å². The molecule has 23 heavy (non-hydrogen) atoms. The molecule has 0 aliphatic heterocycles. The largest absolute Gasteiger partial charge is 0.494 e. The molecule has 0 heterocycles. The first kappa shape index (κ1) is 19.6. The van der Waals surface area contributed by atoms with E-state index < -0.39 is 0 Å². The molecule has 1 aromatic carbocycles. The Bertz CT molecular complexity index is 511. The van der Waals surface area contributed by atoms with E-state index in [1.165, 1.54) is 0 Å². The number of hydrogen-bond donors (Lipinski definition) is 2. The molecule has 1 amide bonds. The number of ether oxygens (including phenoxy) is 2. The zero-order chi connectivity index (χ0) is 15.9. The molecule has 2 atom stereocenters. The molecule has 0 saturated heterocycles. The Labute approximate surface area is 144 Å². The highest BCUT2D eigenvalue weighted by molar-refractivity contribution is 5.92. The van der Waals surface area contributed by atoms with Crippen LogP contribution in [0.3, 0.4) is 0 Å². The van der Waals surface area contributed by atoms with Crippen LogP contribution < -0.4 is 20.5 Å². The SMILES string of the molecule is CCOc1ccc(OCC)c(NC(=O)C[C@@H]2CCC[C@H]2N)c1.Cl. The Morgan fingerprint density at radius 3 is 2.61 bits per heavy atom. The van der Waals surface area contributed by atoms with E-state index in [4.69, 9.17) is 15.2 Å². The maximum Gasteiger partial charge on any atom is 0.224 e. The highest BCUT2D eigenvalue weighted by atomic mass is 35.5. The number of nitrogens with one attached hydrogen (secondary N) is 1. The van der Waals surface area contributed by atoms with Crippen LogP contribution in [0.4, 0.5) is 5.69 Å². The third-order valence-electron chi connectivity index (χ3n) is 4.00. The molecule has 5 nitrogen and oxygen atoms in total. The second-order valence-corrected chi connectivity index (χ2v) is 5.63. The van der Waals surface area contributed by atoms with E-state index in [-0.39, 0.29) is 30.3 Å². The number of hydrogen-bond acceptors (Lipinski definition) is 4. The molecule has 1 aliphatic carbocycles. The average molecular weight is 343 g/mol. The van der Waals surface area contributed by atoms with E-state index in [0.717, 1.165) is 25.0 Å². The summed E-state index contributed by atoms with van der Waals surface area (Å²) in [6, 6.07) is 5.62. The molecule has 0 radical (unpaired) electrons. The summed E-state index contributed by atoms with van der Waals surface area (Å²) in [7, 11) is 0. The molecule has 0 aromatic heterocycles. The normalized spacial score (nSPS) is 19.8. The number of amides is 1. The van der Waals surface area contributed by atoms with Crippen LogP contribution in [0.5, 0.6) is 11.5 Å². The quantitative estimate of drug-likeness (QED) is 0.796. The smallest absolute Gasteiger partial charge is 0.224 e. The summed E-state index contributed by atoms with van der Waals surface area (Å²) in [6.07, 6.45) is 3.63. The second-order valence-electron chi connectivity index (χ2n) is 5.63. The zero-order valence-corrected chi connectivity index (χ0v) is 14.7. The number of halogens is 1. The van der Waals surface area contributed by atoms with Crippen molar-refractivity contribution in [3.8, 4) is 11.5 Å². The van der Waals surface area contributed by atoms with Gasteiger partial charge in [0.2, 0.25) is 5.91 Å². The van der Waals surface area contributed by atoms with Crippen molar-refractivity contribution in [1.29, 1.82) is 0 Å². The van der Waals surface area contributed by atoms with Gasteiger partial charge in [0.1, 0.15) is 11.5 Å². The lowest BCUT2D eigenvalue weighted by atomic mass is 10.00. The van der Waals surface area contributed by atoms with Gasteiger partial charge in [0.15, 0.2) is 0 Å². The Kier molecular flexibility index (Phi) is 8.20. The first-order valence-electron chi connectivity index (χ1n) is 8.09. The standard InChI is InChI=1S/C17H26N2O3.ClH/c1-3-21-13-8-9-16(22-4-2)15(11-13)19-17(20)10-12-6-5-7-14(12)18;/h8-9,11-12,14H,3-7,10,18H2,1-2H3,(H,19,20);1H/t12-,14+;/m0./s1. The van der Waals surface area contributed by atoms with Gasteiger partial charge in [-0.2, -0.15) is 0 Å². The minimum atomic E-state index is -0.0167. The summed E-state index contributed by atoms with van der Waals surface area (Å²) < 4.78 is 11.1. The van der Waals surface area contributed by atoms with Gasteiger partial charge >= 0.3 is 0 Å². The van der Waals surface area contributed by atoms with Crippen molar-refractivity contribution in [1.82, 2.24) is 0 Å². The Balaban J connectivity index is 0.00000264. The Morgan fingerprint density at radius 2 is 2.00 bits per heavy atom. The first-order chi connectivity index (χ1) is 10.6. The van der Waals surface area contributed by atoms with Crippen molar-refractivity contribution < 1.29 is 14.3 Å². The molecule has 6 heteroatoms. The van der Waals surface area contributed by atoms with E-state index in [9.17, 15) is 4.79 Å². The van der Waals surface area contributed by atoms with Crippen molar-refractivity contribution >= 4 is 24.0 Å². The van der Waals surface area contributed by atoms with Gasteiger partial charge in [-0.25, -0.2) is 0 Å². The van der Waals surface area contributed by atoms with Crippen LogP contribution in [0.25, 0.3) is 0 Å². The molecular weight excluding hydrogens is 316 g/mol. The summed E-state index contributed by atoms with van der Waals surface area (Å²) in [5, 5.41) is 2.94. The molecule has 2 rings (SSSR count). The van der Waals surface area contributed by atoms with E-state index in [0.29, 0.717) is 31.1 Å². The lowest BCUT2D eigenvalue weighted by Gasteiger charge is -2.17. The number of carbonyl (C=O) groups excluding carboxylic acids is 1. The summed E-state index contributed by atoms with van der Waals surface area (Å²) in [6.45, 7) is 4.97. The molecule has 1 aliphatic rings. The van der Waals surface area contributed by atoms with Gasteiger partial charge in [-0.3, -0.25) is 4.79 Å². The van der Waals surface area contributed by atoms with E-state index in [1.807, 2.05) is 26.0 Å². The van der Waals surface area contributed by atoms with Gasteiger partial charge in [0.25, 0.3) is 0 Å². The maximum atomic E-state index is 12.3. The second kappa shape index (κ2) is 9.63. The van der Waals surface area contributed by atoms with Crippen LogP contribution >= 0.6 is 12.4 Å². The number of anilines is 1. The molecule has 0 unspecified atom stereocenters. The van der Waals surface area contributed by atoms with Crippen LogP contribution in [0, 0.1) is 5.92 Å². The van der Waals surface area contributed by atoms with Crippen LogP contribution in [0.1, 0.15) is 39.5 Å². The predicted octanol–water partition coefficient (Wildman–Crippen LogP) is 3.36. The summed E-state index contributed by atoms with van der Waals surface area (Å²) in [5.41, 5.74) is 6.69. The number of rotatable bonds is 7. The molecular formula is C17H27ClN2O3. The maximum absolute atomic E-state index is 12.3. The molecule has 0 spiro atoms. The monoisotopic (exact) mass is 342 g/mol. The number of carbonyl (C=O) groups is 1. The van der Waals surface area contributed by atoms with Crippen molar-refractivity contribution in [2.24, 2.45) is 11.7 Å². The Morgan fingerprint density at radius 1 is 1.26 bits per heavy atom. The van der Waals surface area contributed by atoms with E-state index in [2.05, 4.69) is 5.32 Å². The minimum Gasteiger partial charge on any atom is -0.494 e. The topological polar surface area (TPSA) is 73.6 Å². The summed E-state index contributed by atoms with van der Waals surface area (Å²) in [5.74, 6) is 1.65. The van der Waals surface area contributed by atoms with Gasteiger partial charge in [0, 0.05) is 18.5 Å². The molecule has 3 N–H and O–H groups in total. The van der Waals surface area contributed by atoms with Gasteiger partial charge in [-0.05, 0) is 44.7 Å². The van der Waals surface area contributed by atoms with Crippen molar-refractivity contribution in [2.75, 3.05) is 18.5 Å². The predicted molar refractivity (Wildman–Crippen MR) is 94.6 cm³/mol. The van der Waals surface area contributed by atoms with Crippen molar-refractivity contribution in [3.05, 3.63) is 18.2 Å². The summed E-state index contributed by atoms with van der Waals surface area (Å²) >= 11 is 0. The molecule has 130 valence electrons. The highest BCUT2D eigenvalue weighted by Crippen LogP contribution is 2.31. The van der Waals surface area contributed by atoms with Gasteiger partial charge in [0.05, 0.1) is 18.9 Å². The number of benzene rings is 1. The first-order valence-corrected chi connectivity index (χ1v) is 8.09. The molecule has 1 aromatic rings. The molecule has 1 saturated carbocycles. The van der Waals surface area contributed by atoms with Crippen LogP contribution in [-0.4, -0.2) is 25.2 Å². The third kappa shape index (κ3) is 5.59. The van der Waals surface area contributed by atoms with Gasteiger partial charge < -0.3 is 20.5 Å². The lowest BCUT2D eigenvalue weighted by Crippen LogP contribution is -2.28. The number of nitrogens with two attached hydrogens (primary N) is 1.